The largest absolute Gasteiger partial charge is 0.491 e. The molecule has 0 saturated heterocycles. The molecule has 2 aromatic rings. The van der Waals surface area contributed by atoms with Crippen LogP contribution in [0.15, 0.2) is 42.5 Å². The summed E-state index contributed by atoms with van der Waals surface area (Å²) < 4.78 is 27.3. The molecule has 0 unspecified atom stereocenters. The number of carbonyl (C=O) groups is 1. The molecule has 1 aliphatic rings. The summed E-state index contributed by atoms with van der Waals surface area (Å²) in [4.78, 5) is 12.6. The zero-order valence-electron chi connectivity index (χ0n) is 16.6. The molecule has 0 aliphatic carbocycles. The van der Waals surface area contributed by atoms with E-state index in [4.69, 9.17) is 28.8 Å². The highest BCUT2D eigenvalue weighted by molar-refractivity contribution is 5.85. The highest BCUT2D eigenvalue weighted by atomic mass is 16.7. The van der Waals surface area contributed by atoms with E-state index in [-0.39, 0.29) is 33.0 Å². The molecule has 1 amide bonds. The lowest BCUT2D eigenvalue weighted by atomic mass is 10.0. The van der Waals surface area contributed by atoms with Crippen LogP contribution in [0.2, 0.25) is 0 Å². The van der Waals surface area contributed by atoms with Crippen LogP contribution in [0.5, 0.6) is 17.2 Å². The minimum atomic E-state index is -0.856. The molecule has 162 valence electrons. The average molecular weight is 419 g/mol. The van der Waals surface area contributed by atoms with Crippen LogP contribution in [-0.4, -0.2) is 56.1 Å². The molecule has 3 N–H and O–H groups in total. The fraction of sp³-hybridized carbons (Fsp3) is 0.381. The van der Waals surface area contributed by atoms with Crippen LogP contribution in [0.4, 0.5) is 10.5 Å². The van der Waals surface area contributed by atoms with Crippen molar-refractivity contribution in [3.05, 3.63) is 48.0 Å². The molecule has 1 aliphatic heterocycles. The van der Waals surface area contributed by atoms with Gasteiger partial charge in [-0.05, 0) is 18.2 Å². The Bertz CT molecular complexity index is 844. The van der Waals surface area contributed by atoms with Crippen LogP contribution in [0, 0.1) is 0 Å². The second-order valence-corrected chi connectivity index (χ2v) is 6.42. The quantitative estimate of drug-likeness (QED) is 0.538. The number of aliphatic hydroxyl groups is 2. The predicted octanol–water partition coefficient (Wildman–Crippen LogP) is 2.47. The van der Waals surface area contributed by atoms with Crippen LogP contribution in [0.25, 0.3) is 0 Å². The van der Waals surface area contributed by atoms with E-state index in [2.05, 4.69) is 5.32 Å². The standard InChI is InChI=1S/C21H25NO8/c1-26-18(8-9-23)20(15-4-2-3-5-16(15)27-11-10-24)30-21(25)22-14-6-7-17-19(12-14)29-13-28-17/h2-7,12,18,20,23-24H,8-11,13H2,1H3,(H,22,25)/t18-,20-/m0/s1. The predicted molar refractivity (Wildman–Crippen MR) is 107 cm³/mol. The van der Waals surface area contributed by atoms with Crippen molar-refractivity contribution in [2.75, 3.05) is 39.0 Å². The number of benzene rings is 2. The van der Waals surface area contributed by atoms with Crippen molar-refractivity contribution in [2.24, 2.45) is 0 Å². The number of carbonyl (C=O) groups excluding carboxylic acids is 1. The molecule has 9 heteroatoms. The highest BCUT2D eigenvalue weighted by Gasteiger charge is 2.30. The Morgan fingerprint density at radius 1 is 1.13 bits per heavy atom. The van der Waals surface area contributed by atoms with Gasteiger partial charge in [0.05, 0.1) is 6.61 Å². The number of aliphatic hydroxyl groups excluding tert-OH is 2. The van der Waals surface area contributed by atoms with Gasteiger partial charge in [-0.3, -0.25) is 5.32 Å². The zero-order chi connectivity index (χ0) is 21.3. The Balaban J connectivity index is 1.79. The molecule has 0 aromatic heterocycles. The average Bonchev–Trinajstić information content (AvgIpc) is 3.23. The summed E-state index contributed by atoms with van der Waals surface area (Å²) in [5.41, 5.74) is 1.04. The van der Waals surface area contributed by atoms with Gasteiger partial charge >= 0.3 is 6.09 Å². The minimum absolute atomic E-state index is 0.0881. The first-order valence-corrected chi connectivity index (χ1v) is 9.49. The number of ether oxygens (including phenoxy) is 5. The normalized spacial score (nSPS) is 14.1. The fourth-order valence-corrected chi connectivity index (χ4v) is 3.10. The Hall–Kier alpha value is -3.01. The van der Waals surface area contributed by atoms with Gasteiger partial charge in [-0.25, -0.2) is 4.79 Å². The second kappa shape index (κ2) is 10.7. The van der Waals surface area contributed by atoms with Crippen molar-refractivity contribution in [3.63, 3.8) is 0 Å². The van der Waals surface area contributed by atoms with E-state index in [0.717, 1.165) is 0 Å². The first kappa shape index (κ1) is 21.7. The molecular formula is C21H25NO8. The molecule has 30 heavy (non-hydrogen) atoms. The van der Waals surface area contributed by atoms with Gasteiger partial charge in [-0.1, -0.05) is 18.2 Å². The Morgan fingerprint density at radius 3 is 2.70 bits per heavy atom. The van der Waals surface area contributed by atoms with Gasteiger partial charge in [0.1, 0.15) is 18.5 Å². The van der Waals surface area contributed by atoms with Crippen LogP contribution in [-0.2, 0) is 9.47 Å². The maximum absolute atomic E-state index is 12.6. The first-order valence-electron chi connectivity index (χ1n) is 9.49. The Labute approximate surface area is 174 Å². The maximum atomic E-state index is 12.6. The van der Waals surface area contributed by atoms with Gasteiger partial charge in [0, 0.05) is 37.5 Å². The summed E-state index contributed by atoms with van der Waals surface area (Å²) in [6.45, 7) is -0.0893. The summed E-state index contributed by atoms with van der Waals surface area (Å²) >= 11 is 0. The van der Waals surface area contributed by atoms with Crippen molar-refractivity contribution in [1.29, 1.82) is 0 Å². The van der Waals surface area contributed by atoms with E-state index in [1.807, 2.05) is 0 Å². The number of fused-ring (bicyclic) bond motifs is 1. The molecule has 1 heterocycles. The summed E-state index contributed by atoms with van der Waals surface area (Å²) in [7, 11) is 1.48. The number of hydrogen-bond acceptors (Lipinski definition) is 8. The molecule has 0 spiro atoms. The van der Waals surface area contributed by atoms with E-state index in [0.29, 0.717) is 28.5 Å². The van der Waals surface area contributed by atoms with Gasteiger partial charge in [0.15, 0.2) is 17.6 Å². The van der Waals surface area contributed by atoms with Crippen molar-refractivity contribution >= 4 is 11.8 Å². The molecule has 3 rings (SSSR count). The number of amides is 1. The smallest absolute Gasteiger partial charge is 0.412 e. The zero-order valence-corrected chi connectivity index (χ0v) is 16.6. The number of methoxy groups -OCH3 is 1. The third-order valence-electron chi connectivity index (χ3n) is 4.48. The summed E-state index contributed by atoms with van der Waals surface area (Å²) in [6.07, 6.45) is -1.94. The molecule has 0 radical (unpaired) electrons. The van der Waals surface area contributed by atoms with Gasteiger partial charge < -0.3 is 33.9 Å². The summed E-state index contributed by atoms with van der Waals surface area (Å²) in [5.74, 6) is 1.58. The topological polar surface area (TPSA) is 116 Å². The SMILES string of the molecule is CO[C@@H](CCO)[C@@H](OC(=O)Nc1ccc2c(c1)OCO2)c1ccccc1OCCO. The van der Waals surface area contributed by atoms with E-state index in [9.17, 15) is 9.90 Å². The lowest BCUT2D eigenvalue weighted by Gasteiger charge is -2.27. The molecule has 0 fully saturated rings. The lowest BCUT2D eigenvalue weighted by Crippen LogP contribution is -2.29. The molecule has 0 bridgehead atoms. The van der Waals surface area contributed by atoms with E-state index in [1.165, 1.54) is 7.11 Å². The Kier molecular flexibility index (Phi) is 7.72. The van der Waals surface area contributed by atoms with Crippen molar-refractivity contribution in [1.82, 2.24) is 0 Å². The number of hydrogen-bond donors (Lipinski definition) is 3. The van der Waals surface area contributed by atoms with Gasteiger partial charge in [-0.15, -0.1) is 0 Å². The fourth-order valence-electron chi connectivity index (χ4n) is 3.10. The third-order valence-corrected chi connectivity index (χ3v) is 4.48. The van der Waals surface area contributed by atoms with E-state index in [1.54, 1.807) is 42.5 Å². The third kappa shape index (κ3) is 5.32. The van der Waals surface area contributed by atoms with Gasteiger partial charge in [0.25, 0.3) is 0 Å². The molecule has 9 nitrogen and oxygen atoms in total. The van der Waals surface area contributed by atoms with Crippen molar-refractivity contribution in [2.45, 2.75) is 18.6 Å². The molecule has 2 atom stereocenters. The van der Waals surface area contributed by atoms with Crippen molar-refractivity contribution < 1.29 is 38.7 Å². The number of anilines is 1. The first-order chi connectivity index (χ1) is 14.7. The van der Waals surface area contributed by atoms with Crippen LogP contribution >= 0.6 is 0 Å². The minimum Gasteiger partial charge on any atom is -0.491 e. The van der Waals surface area contributed by atoms with Gasteiger partial charge in [0.2, 0.25) is 6.79 Å². The van der Waals surface area contributed by atoms with E-state index < -0.39 is 18.3 Å². The molecule has 2 aromatic carbocycles. The van der Waals surface area contributed by atoms with Crippen molar-refractivity contribution in [3.8, 4) is 17.2 Å². The molecular weight excluding hydrogens is 394 g/mol. The number of rotatable bonds is 10. The van der Waals surface area contributed by atoms with Gasteiger partial charge in [-0.2, -0.15) is 0 Å². The van der Waals surface area contributed by atoms with E-state index >= 15 is 0 Å². The van der Waals surface area contributed by atoms with Crippen LogP contribution in [0.3, 0.4) is 0 Å². The number of para-hydroxylation sites is 1. The maximum Gasteiger partial charge on any atom is 0.412 e. The second-order valence-electron chi connectivity index (χ2n) is 6.42. The highest BCUT2D eigenvalue weighted by Crippen LogP contribution is 2.35. The van der Waals surface area contributed by atoms with Crippen LogP contribution in [0.1, 0.15) is 18.1 Å². The molecule has 0 saturated carbocycles. The monoisotopic (exact) mass is 419 g/mol. The van der Waals surface area contributed by atoms with Crippen LogP contribution < -0.4 is 19.5 Å². The Morgan fingerprint density at radius 2 is 1.93 bits per heavy atom. The lowest BCUT2D eigenvalue weighted by molar-refractivity contribution is -0.0316. The summed E-state index contributed by atoms with van der Waals surface area (Å²) in [5, 5.41) is 21.1. The number of nitrogens with one attached hydrogen (secondary N) is 1. The summed E-state index contributed by atoms with van der Waals surface area (Å²) in [6, 6.07) is 12.0.